The number of carbonyl (C=O) groups is 1. The Bertz CT molecular complexity index is 568. The summed E-state index contributed by atoms with van der Waals surface area (Å²) in [7, 11) is -2.53. The molecule has 1 rings (SSSR count). The molecule has 0 aliphatic carbocycles. The predicted octanol–water partition coefficient (Wildman–Crippen LogP) is 2.23. The molecule has 1 aromatic rings. The standard InChI is InChI=1S/C11H13Cl2NO4S/c1-7(11(15)16)14(2)19(17,18)6-8-3-9(12)5-10(13)4-8/h3-5,7H,6H2,1-2H3,(H,15,16). The van der Waals surface area contributed by atoms with Crippen LogP contribution in [0, 0.1) is 0 Å². The molecule has 0 fully saturated rings. The summed E-state index contributed by atoms with van der Waals surface area (Å²) in [5, 5.41) is 9.47. The molecule has 1 N–H and O–H groups in total. The smallest absolute Gasteiger partial charge is 0.321 e. The second kappa shape index (κ2) is 6.09. The van der Waals surface area contributed by atoms with Gasteiger partial charge in [-0.3, -0.25) is 4.79 Å². The zero-order valence-corrected chi connectivity index (χ0v) is 12.6. The molecule has 0 radical (unpaired) electrons. The van der Waals surface area contributed by atoms with Gasteiger partial charge in [0.2, 0.25) is 10.0 Å². The maximum atomic E-state index is 12.0. The van der Waals surface area contributed by atoms with Gasteiger partial charge in [-0.05, 0) is 30.7 Å². The van der Waals surface area contributed by atoms with E-state index in [1.807, 2.05) is 0 Å². The maximum absolute atomic E-state index is 12.0. The number of halogens is 2. The van der Waals surface area contributed by atoms with Gasteiger partial charge in [0.15, 0.2) is 0 Å². The van der Waals surface area contributed by atoms with Crippen molar-refractivity contribution in [2.75, 3.05) is 7.05 Å². The fourth-order valence-corrected chi connectivity index (χ4v) is 3.34. The van der Waals surface area contributed by atoms with E-state index in [1.165, 1.54) is 32.2 Å². The fourth-order valence-electron chi connectivity index (χ4n) is 1.40. The molecule has 0 spiro atoms. The first-order valence-electron chi connectivity index (χ1n) is 5.27. The van der Waals surface area contributed by atoms with Crippen LogP contribution in [-0.2, 0) is 20.6 Å². The normalized spacial score (nSPS) is 13.5. The van der Waals surface area contributed by atoms with E-state index >= 15 is 0 Å². The SMILES string of the molecule is CC(C(=O)O)N(C)S(=O)(=O)Cc1cc(Cl)cc(Cl)c1. The Hall–Kier alpha value is -0.820. The van der Waals surface area contributed by atoms with Crippen molar-refractivity contribution in [3.8, 4) is 0 Å². The van der Waals surface area contributed by atoms with Crippen LogP contribution in [0.2, 0.25) is 10.0 Å². The summed E-state index contributed by atoms with van der Waals surface area (Å²) in [4.78, 5) is 10.8. The lowest BCUT2D eigenvalue weighted by atomic mass is 10.2. The molecule has 8 heteroatoms. The van der Waals surface area contributed by atoms with Crippen molar-refractivity contribution in [1.82, 2.24) is 4.31 Å². The van der Waals surface area contributed by atoms with E-state index in [9.17, 15) is 13.2 Å². The summed E-state index contributed by atoms with van der Waals surface area (Å²) in [6.07, 6.45) is 0. The number of carboxylic acids is 1. The van der Waals surface area contributed by atoms with Crippen molar-refractivity contribution in [2.45, 2.75) is 18.7 Å². The van der Waals surface area contributed by atoms with Crippen molar-refractivity contribution < 1.29 is 18.3 Å². The van der Waals surface area contributed by atoms with Crippen LogP contribution < -0.4 is 0 Å². The number of aliphatic carboxylic acids is 1. The van der Waals surface area contributed by atoms with Gasteiger partial charge in [0, 0.05) is 17.1 Å². The van der Waals surface area contributed by atoms with Gasteiger partial charge < -0.3 is 5.11 Å². The minimum atomic E-state index is -3.76. The van der Waals surface area contributed by atoms with Gasteiger partial charge in [-0.2, -0.15) is 4.31 Å². The van der Waals surface area contributed by atoms with Crippen molar-refractivity contribution in [1.29, 1.82) is 0 Å². The van der Waals surface area contributed by atoms with Crippen LogP contribution in [0.4, 0.5) is 0 Å². The van der Waals surface area contributed by atoms with Crippen LogP contribution in [-0.4, -0.2) is 36.9 Å². The number of nitrogens with zero attached hydrogens (tertiary/aromatic N) is 1. The quantitative estimate of drug-likeness (QED) is 0.900. The van der Waals surface area contributed by atoms with Gasteiger partial charge in [-0.15, -0.1) is 0 Å². The molecule has 0 aromatic heterocycles. The molecule has 1 atom stereocenters. The molecule has 19 heavy (non-hydrogen) atoms. The maximum Gasteiger partial charge on any atom is 0.321 e. The monoisotopic (exact) mass is 325 g/mol. The molecular weight excluding hydrogens is 313 g/mol. The van der Waals surface area contributed by atoms with E-state index in [4.69, 9.17) is 28.3 Å². The Balaban J connectivity index is 2.99. The highest BCUT2D eigenvalue weighted by Crippen LogP contribution is 2.21. The second-order valence-corrected chi connectivity index (χ2v) is 6.97. The van der Waals surface area contributed by atoms with Crippen LogP contribution in [0.5, 0.6) is 0 Å². The van der Waals surface area contributed by atoms with Crippen molar-refractivity contribution in [3.05, 3.63) is 33.8 Å². The van der Waals surface area contributed by atoms with Gasteiger partial charge in [-0.1, -0.05) is 23.2 Å². The molecule has 0 saturated carbocycles. The minimum absolute atomic E-state index is 0.326. The van der Waals surface area contributed by atoms with Crippen LogP contribution >= 0.6 is 23.2 Å². The molecule has 106 valence electrons. The van der Waals surface area contributed by atoms with Gasteiger partial charge in [-0.25, -0.2) is 8.42 Å². The highest BCUT2D eigenvalue weighted by molar-refractivity contribution is 7.88. The topological polar surface area (TPSA) is 74.7 Å². The zero-order chi connectivity index (χ0) is 14.8. The number of hydrogen-bond acceptors (Lipinski definition) is 3. The molecular formula is C11H13Cl2NO4S. The molecule has 0 saturated heterocycles. The van der Waals surface area contributed by atoms with E-state index in [0.29, 0.717) is 15.6 Å². The molecule has 1 unspecified atom stereocenters. The first-order chi connectivity index (χ1) is 8.63. The summed E-state index contributed by atoms with van der Waals surface area (Å²) >= 11 is 11.6. The third kappa shape index (κ3) is 4.35. The Morgan fingerprint density at radius 1 is 1.32 bits per heavy atom. The lowest BCUT2D eigenvalue weighted by Gasteiger charge is -2.21. The largest absolute Gasteiger partial charge is 0.480 e. The van der Waals surface area contributed by atoms with Crippen LogP contribution in [0.25, 0.3) is 0 Å². The van der Waals surface area contributed by atoms with Crippen molar-refractivity contribution in [2.24, 2.45) is 0 Å². The molecule has 0 aliphatic rings. The van der Waals surface area contributed by atoms with Crippen LogP contribution in [0.1, 0.15) is 12.5 Å². The highest BCUT2D eigenvalue weighted by Gasteiger charge is 2.28. The Morgan fingerprint density at radius 3 is 2.21 bits per heavy atom. The minimum Gasteiger partial charge on any atom is -0.480 e. The van der Waals surface area contributed by atoms with E-state index in [-0.39, 0.29) is 5.75 Å². The lowest BCUT2D eigenvalue weighted by Crippen LogP contribution is -2.40. The third-order valence-corrected chi connectivity index (χ3v) is 4.94. The highest BCUT2D eigenvalue weighted by atomic mass is 35.5. The molecule has 0 bridgehead atoms. The molecule has 0 aliphatic heterocycles. The molecule has 0 heterocycles. The van der Waals surface area contributed by atoms with Crippen molar-refractivity contribution in [3.63, 3.8) is 0 Å². The predicted molar refractivity (Wildman–Crippen MR) is 73.9 cm³/mol. The van der Waals surface area contributed by atoms with Gasteiger partial charge in [0.25, 0.3) is 0 Å². The van der Waals surface area contributed by atoms with E-state index in [1.54, 1.807) is 0 Å². The van der Waals surface area contributed by atoms with Gasteiger partial charge in [0.1, 0.15) is 6.04 Å². The number of benzene rings is 1. The molecule has 5 nitrogen and oxygen atoms in total. The van der Waals surface area contributed by atoms with Crippen LogP contribution in [0.15, 0.2) is 18.2 Å². The summed E-state index contributed by atoms with van der Waals surface area (Å²) in [5.74, 6) is -1.57. The third-order valence-electron chi connectivity index (χ3n) is 2.61. The molecule has 0 amide bonds. The Kier molecular flexibility index (Phi) is 5.20. The average Bonchev–Trinajstić information content (AvgIpc) is 2.24. The van der Waals surface area contributed by atoms with Gasteiger partial charge >= 0.3 is 5.97 Å². The number of carboxylic acid groups (broad SMARTS) is 1. The number of likely N-dealkylation sites (N-methyl/N-ethyl adjacent to an activating group) is 1. The zero-order valence-electron chi connectivity index (χ0n) is 10.3. The van der Waals surface area contributed by atoms with E-state index in [2.05, 4.69) is 0 Å². The van der Waals surface area contributed by atoms with Crippen LogP contribution in [0.3, 0.4) is 0 Å². The van der Waals surface area contributed by atoms with E-state index < -0.39 is 22.0 Å². The number of rotatable bonds is 5. The first kappa shape index (κ1) is 16.2. The van der Waals surface area contributed by atoms with Crippen molar-refractivity contribution >= 4 is 39.2 Å². The lowest BCUT2D eigenvalue weighted by molar-refractivity contribution is -0.140. The Labute approximate surface area is 121 Å². The molecule has 1 aromatic carbocycles. The fraction of sp³-hybridized carbons (Fsp3) is 0.364. The number of sulfonamides is 1. The number of hydrogen-bond donors (Lipinski definition) is 1. The summed E-state index contributed by atoms with van der Waals surface area (Å²) in [6.45, 7) is 1.30. The Morgan fingerprint density at radius 2 is 1.79 bits per heavy atom. The summed E-state index contributed by atoms with van der Waals surface area (Å²) < 4.78 is 24.9. The van der Waals surface area contributed by atoms with Gasteiger partial charge in [0.05, 0.1) is 5.75 Å². The summed E-state index contributed by atoms with van der Waals surface area (Å²) in [5.41, 5.74) is 0.405. The summed E-state index contributed by atoms with van der Waals surface area (Å²) in [6, 6.07) is 3.30. The first-order valence-corrected chi connectivity index (χ1v) is 7.63. The average molecular weight is 326 g/mol. The second-order valence-electron chi connectivity index (χ2n) is 4.06. The van der Waals surface area contributed by atoms with E-state index in [0.717, 1.165) is 4.31 Å².